The van der Waals surface area contributed by atoms with Crippen LogP contribution in [0, 0.1) is 0 Å². The van der Waals surface area contributed by atoms with Gasteiger partial charge in [-0.1, -0.05) is 12.1 Å². The molecule has 19 heavy (non-hydrogen) atoms. The average Bonchev–Trinajstić information content (AvgIpc) is 2.90. The molecule has 0 unspecified atom stereocenters. The molecule has 0 saturated carbocycles. The van der Waals surface area contributed by atoms with Crippen LogP contribution in [0.3, 0.4) is 0 Å². The van der Waals surface area contributed by atoms with Crippen molar-refractivity contribution in [3.05, 3.63) is 50.6 Å². The van der Waals surface area contributed by atoms with Gasteiger partial charge in [-0.3, -0.25) is 0 Å². The second kappa shape index (κ2) is 7.08. The predicted octanol–water partition coefficient (Wildman–Crippen LogP) is 4.04. The van der Waals surface area contributed by atoms with E-state index in [2.05, 4.69) is 63.5 Å². The maximum Gasteiger partial charge on any atom is 0.0523 e. The Labute approximate surface area is 127 Å². The zero-order valence-electron chi connectivity index (χ0n) is 11.1. The minimum Gasteiger partial charge on any atom is -0.366 e. The summed E-state index contributed by atoms with van der Waals surface area (Å²) in [5, 5.41) is 2.13. The third-order valence-corrected chi connectivity index (χ3v) is 4.59. The number of thiophene rings is 1. The Hall–Kier alpha value is -0.840. The number of halogens is 1. The molecule has 1 aromatic heterocycles. The van der Waals surface area contributed by atoms with Crippen LogP contribution < -0.4 is 10.6 Å². The van der Waals surface area contributed by atoms with E-state index in [0.29, 0.717) is 6.54 Å². The van der Waals surface area contributed by atoms with E-state index in [0.717, 1.165) is 24.0 Å². The summed E-state index contributed by atoms with van der Waals surface area (Å²) in [6.07, 6.45) is 0.927. The topological polar surface area (TPSA) is 29.3 Å². The molecule has 2 nitrogen and oxygen atoms in total. The van der Waals surface area contributed by atoms with E-state index in [-0.39, 0.29) is 0 Å². The number of anilines is 1. The molecule has 1 heterocycles. The third kappa shape index (κ3) is 3.81. The van der Waals surface area contributed by atoms with Crippen molar-refractivity contribution in [1.29, 1.82) is 0 Å². The molecule has 0 spiro atoms. The van der Waals surface area contributed by atoms with Gasteiger partial charge in [-0.2, -0.15) is 0 Å². The Morgan fingerprint density at radius 3 is 2.74 bits per heavy atom. The van der Waals surface area contributed by atoms with Crippen molar-refractivity contribution in [2.45, 2.75) is 19.9 Å². The van der Waals surface area contributed by atoms with Gasteiger partial charge in [0, 0.05) is 15.9 Å². The first kappa shape index (κ1) is 14.6. The quantitative estimate of drug-likeness (QED) is 0.861. The molecule has 0 radical (unpaired) electrons. The van der Waals surface area contributed by atoms with Gasteiger partial charge in [0.1, 0.15) is 0 Å². The SMILES string of the molecule is CCN(Cc1cccs1)c1ccc(CCN)cc1Br. The molecule has 2 aromatic rings. The molecule has 0 amide bonds. The highest BCUT2D eigenvalue weighted by molar-refractivity contribution is 9.10. The molecule has 0 aliphatic carbocycles. The van der Waals surface area contributed by atoms with Crippen molar-refractivity contribution in [2.75, 3.05) is 18.0 Å². The minimum atomic E-state index is 0.693. The summed E-state index contributed by atoms with van der Waals surface area (Å²) in [7, 11) is 0. The Kier molecular flexibility index (Phi) is 5.43. The molecule has 0 bridgehead atoms. The van der Waals surface area contributed by atoms with Gasteiger partial charge in [0.2, 0.25) is 0 Å². The number of nitrogens with two attached hydrogens (primary N) is 1. The van der Waals surface area contributed by atoms with Crippen LogP contribution in [0.2, 0.25) is 0 Å². The highest BCUT2D eigenvalue weighted by Crippen LogP contribution is 2.29. The average molecular weight is 339 g/mol. The molecule has 102 valence electrons. The molecular weight excluding hydrogens is 320 g/mol. The largest absolute Gasteiger partial charge is 0.366 e. The first-order valence-electron chi connectivity index (χ1n) is 6.50. The normalized spacial score (nSPS) is 10.7. The molecule has 0 atom stereocenters. The molecular formula is C15H19BrN2S. The standard InChI is InChI=1S/C15H19BrN2S/c1-2-18(11-13-4-3-9-19-13)15-6-5-12(7-8-17)10-14(15)16/h3-6,9-10H,2,7-8,11,17H2,1H3. The molecule has 0 saturated heterocycles. The van der Waals surface area contributed by atoms with Crippen molar-refractivity contribution < 1.29 is 0 Å². The maximum atomic E-state index is 5.60. The molecule has 0 aliphatic rings. The van der Waals surface area contributed by atoms with Crippen LogP contribution in [0.25, 0.3) is 0 Å². The summed E-state index contributed by atoms with van der Waals surface area (Å²) in [6.45, 7) is 4.84. The highest BCUT2D eigenvalue weighted by atomic mass is 79.9. The van der Waals surface area contributed by atoms with Crippen LogP contribution in [-0.2, 0) is 13.0 Å². The lowest BCUT2D eigenvalue weighted by Gasteiger charge is -2.24. The second-order valence-corrected chi connectivity index (χ2v) is 6.30. The molecule has 0 aliphatic heterocycles. The van der Waals surface area contributed by atoms with Gasteiger partial charge in [-0.15, -0.1) is 11.3 Å². The Balaban J connectivity index is 2.18. The smallest absolute Gasteiger partial charge is 0.0523 e. The zero-order chi connectivity index (χ0) is 13.7. The summed E-state index contributed by atoms with van der Waals surface area (Å²) in [4.78, 5) is 3.77. The Morgan fingerprint density at radius 2 is 2.16 bits per heavy atom. The van der Waals surface area contributed by atoms with Crippen molar-refractivity contribution in [2.24, 2.45) is 5.73 Å². The van der Waals surface area contributed by atoms with Gasteiger partial charge in [0.25, 0.3) is 0 Å². The molecule has 2 N–H and O–H groups in total. The van der Waals surface area contributed by atoms with Gasteiger partial charge in [0.15, 0.2) is 0 Å². The van der Waals surface area contributed by atoms with E-state index in [1.54, 1.807) is 11.3 Å². The van der Waals surface area contributed by atoms with Crippen molar-refractivity contribution >= 4 is 33.0 Å². The van der Waals surface area contributed by atoms with E-state index >= 15 is 0 Å². The van der Waals surface area contributed by atoms with Crippen LogP contribution >= 0.6 is 27.3 Å². The van der Waals surface area contributed by atoms with E-state index < -0.39 is 0 Å². The fraction of sp³-hybridized carbons (Fsp3) is 0.333. The lowest BCUT2D eigenvalue weighted by Crippen LogP contribution is -2.21. The summed E-state index contributed by atoms with van der Waals surface area (Å²) in [5.74, 6) is 0. The van der Waals surface area contributed by atoms with E-state index in [1.807, 2.05) is 0 Å². The molecule has 2 rings (SSSR count). The van der Waals surface area contributed by atoms with Crippen LogP contribution in [0.5, 0.6) is 0 Å². The molecule has 1 aromatic carbocycles. The van der Waals surface area contributed by atoms with Crippen LogP contribution in [-0.4, -0.2) is 13.1 Å². The fourth-order valence-electron chi connectivity index (χ4n) is 2.09. The van der Waals surface area contributed by atoms with Crippen LogP contribution in [0.1, 0.15) is 17.4 Å². The highest BCUT2D eigenvalue weighted by Gasteiger charge is 2.10. The predicted molar refractivity (Wildman–Crippen MR) is 87.9 cm³/mol. The van der Waals surface area contributed by atoms with E-state index in [4.69, 9.17) is 5.73 Å². The number of hydrogen-bond acceptors (Lipinski definition) is 3. The lowest BCUT2D eigenvalue weighted by atomic mass is 10.1. The van der Waals surface area contributed by atoms with Crippen molar-refractivity contribution in [1.82, 2.24) is 0 Å². The Bertz CT molecular complexity index is 511. The summed E-state index contributed by atoms with van der Waals surface area (Å²) in [5.41, 5.74) is 8.13. The number of rotatable bonds is 6. The first-order valence-corrected chi connectivity index (χ1v) is 8.17. The first-order chi connectivity index (χ1) is 9.24. The van der Waals surface area contributed by atoms with E-state index in [1.165, 1.54) is 16.1 Å². The lowest BCUT2D eigenvalue weighted by molar-refractivity contribution is 0.839. The Morgan fingerprint density at radius 1 is 1.32 bits per heavy atom. The van der Waals surface area contributed by atoms with Gasteiger partial charge < -0.3 is 10.6 Å². The fourth-order valence-corrected chi connectivity index (χ4v) is 3.48. The van der Waals surface area contributed by atoms with Gasteiger partial charge >= 0.3 is 0 Å². The van der Waals surface area contributed by atoms with Gasteiger partial charge in [-0.25, -0.2) is 0 Å². The zero-order valence-corrected chi connectivity index (χ0v) is 13.5. The maximum absolute atomic E-state index is 5.60. The number of nitrogens with zero attached hydrogens (tertiary/aromatic N) is 1. The van der Waals surface area contributed by atoms with Gasteiger partial charge in [-0.05, 0) is 65.0 Å². The third-order valence-electron chi connectivity index (χ3n) is 3.09. The number of benzene rings is 1. The van der Waals surface area contributed by atoms with Crippen molar-refractivity contribution in [3.63, 3.8) is 0 Å². The van der Waals surface area contributed by atoms with Crippen LogP contribution in [0.4, 0.5) is 5.69 Å². The minimum absolute atomic E-state index is 0.693. The monoisotopic (exact) mass is 338 g/mol. The number of hydrogen-bond donors (Lipinski definition) is 1. The molecule has 0 fully saturated rings. The molecule has 4 heteroatoms. The van der Waals surface area contributed by atoms with Crippen molar-refractivity contribution in [3.8, 4) is 0 Å². The van der Waals surface area contributed by atoms with E-state index in [9.17, 15) is 0 Å². The van der Waals surface area contributed by atoms with Gasteiger partial charge in [0.05, 0.1) is 12.2 Å². The second-order valence-electron chi connectivity index (χ2n) is 4.42. The summed E-state index contributed by atoms with van der Waals surface area (Å²) >= 11 is 5.49. The summed E-state index contributed by atoms with van der Waals surface area (Å²) in [6, 6.07) is 10.8. The van der Waals surface area contributed by atoms with Crippen LogP contribution in [0.15, 0.2) is 40.2 Å². The summed E-state index contributed by atoms with van der Waals surface area (Å²) < 4.78 is 1.15.